The summed E-state index contributed by atoms with van der Waals surface area (Å²) >= 11 is 3.48. The summed E-state index contributed by atoms with van der Waals surface area (Å²) < 4.78 is 0.962. The van der Waals surface area contributed by atoms with Crippen molar-refractivity contribution in [1.82, 2.24) is 4.90 Å². The van der Waals surface area contributed by atoms with Crippen molar-refractivity contribution >= 4 is 27.5 Å². The van der Waals surface area contributed by atoms with Crippen LogP contribution in [-0.4, -0.2) is 37.0 Å². The molecule has 0 atom stereocenters. The average molecular weight is 374 g/mol. The minimum atomic E-state index is -0.376. The second kappa shape index (κ2) is 7.15. The molecule has 3 rings (SSSR count). The number of nitrogens with two attached hydrogens (primary N) is 1. The summed E-state index contributed by atoms with van der Waals surface area (Å²) in [6.45, 7) is 4.70. The van der Waals surface area contributed by atoms with Crippen LogP contribution in [0, 0.1) is 0 Å². The molecule has 23 heavy (non-hydrogen) atoms. The van der Waals surface area contributed by atoms with E-state index in [0.717, 1.165) is 42.9 Å². The van der Waals surface area contributed by atoms with Crippen molar-refractivity contribution in [2.75, 3.05) is 31.1 Å². The zero-order valence-corrected chi connectivity index (χ0v) is 14.5. The van der Waals surface area contributed by atoms with Crippen LogP contribution in [0.25, 0.3) is 0 Å². The van der Waals surface area contributed by atoms with Gasteiger partial charge in [0.2, 0.25) is 0 Å². The molecule has 2 aromatic rings. The maximum absolute atomic E-state index is 11.7. The molecular weight excluding hydrogens is 354 g/mol. The molecule has 0 aromatic heterocycles. The van der Waals surface area contributed by atoms with Crippen LogP contribution < -0.4 is 10.6 Å². The monoisotopic (exact) mass is 373 g/mol. The van der Waals surface area contributed by atoms with Crippen molar-refractivity contribution in [1.29, 1.82) is 0 Å². The van der Waals surface area contributed by atoms with E-state index in [1.54, 1.807) is 6.07 Å². The number of nitrogens with zero attached hydrogens (tertiary/aromatic N) is 2. The van der Waals surface area contributed by atoms with Crippen LogP contribution >= 0.6 is 15.9 Å². The lowest BCUT2D eigenvalue weighted by atomic mass is 10.1. The van der Waals surface area contributed by atoms with E-state index in [1.807, 2.05) is 18.2 Å². The molecule has 0 bridgehead atoms. The van der Waals surface area contributed by atoms with E-state index in [4.69, 9.17) is 5.73 Å². The standard InChI is InChI=1S/C18H20BrN3O/c19-15-6-7-16(18(20)23)17(12-15)22-10-8-21(9-11-22)13-14-4-2-1-3-5-14/h1-7,12H,8-11,13H2,(H2,20,23). The summed E-state index contributed by atoms with van der Waals surface area (Å²) in [5, 5.41) is 0. The number of benzene rings is 2. The van der Waals surface area contributed by atoms with Crippen LogP contribution in [-0.2, 0) is 6.54 Å². The quantitative estimate of drug-likeness (QED) is 0.896. The van der Waals surface area contributed by atoms with Gasteiger partial charge in [0, 0.05) is 37.2 Å². The molecule has 120 valence electrons. The average Bonchev–Trinajstić information content (AvgIpc) is 2.56. The van der Waals surface area contributed by atoms with E-state index in [1.165, 1.54) is 5.56 Å². The summed E-state index contributed by atoms with van der Waals surface area (Å²) in [5.41, 5.74) is 8.35. The number of halogens is 1. The van der Waals surface area contributed by atoms with Gasteiger partial charge >= 0.3 is 0 Å². The topological polar surface area (TPSA) is 49.6 Å². The Morgan fingerprint density at radius 1 is 1.04 bits per heavy atom. The third kappa shape index (κ3) is 3.92. The van der Waals surface area contributed by atoms with Crippen LogP contribution in [0.5, 0.6) is 0 Å². The van der Waals surface area contributed by atoms with Crippen LogP contribution in [0.4, 0.5) is 5.69 Å². The highest BCUT2D eigenvalue weighted by molar-refractivity contribution is 9.10. The van der Waals surface area contributed by atoms with Gasteiger partial charge in [0.1, 0.15) is 0 Å². The molecular formula is C18H20BrN3O. The first-order valence-electron chi connectivity index (χ1n) is 7.74. The first-order chi connectivity index (χ1) is 11.1. The van der Waals surface area contributed by atoms with E-state index in [9.17, 15) is 4.79 Å². The van der Waals surface area contributed by atoms with Crippen LogP contribution in [0.1, 0.15) is 15.9 Å². The molecule has 2 aromatic carbocycles. The van der Waals surface area contributed by atoms with Gasteiger partial charge in [-0.25, -0.2) is 0 Å². The highest BCUT2D eigenvalue weighted by atomic mass is 79.9. The van der Waals surface area contributed by atoms with Crippen LogP contribution in [0.3, 0.4) is 0 Å². The summed E-state index contributed by atoms with van der Waals surface area (Å²) in [7, 11) is 0. The van der Waals surface area contributed by atoms with Gasteiger partial charge in [0.15, 0.2) is 0 Å². The first kappa shape index (κ1) is 16.0. The predicted octanol–water partition coefficient (Wildman–Crippen LogP) is 2.87. The Hall–Kier alpha value is -1.85. The number of carbonyl (C=O) groups excluding carboxylic acids is 1. The van der Waals surface area contributed by atoms with Gasteiger partial charge in [-0.05, 0) is 23.8 Å². The fourth-order valence-corrected chi connectivity index (χ4v) is 3.31. The Labute approximate surface area is 145 Å². The zero-order chi connectivity index (χ0) is 16.2. The van der Waals surface area contributed by atoms with Crippen molar-refractivity contribution in [2.45, 2.75) is 6.54 Å². The highest BCUT2D eigenvalue weighted by Crippen LogP contribution is 2.26. The van der Waals surface area contributed by atoms with Crippen molar-refractivity contribution < 1.29 is 4.79 Å². The number of anilines is 1. The van der Waals surface area contributed by atoms with Crippen LogP contribution in [0.15, 0.2) is 53.0 Å². The number of amides is 1. The Morgan fingerprint density at radius 3 is 2.39 bits per heavy atom. The van der Waals surface area contributed by atoms with E-state index >= 15 is 0 Å². The molecule has 0 radical (unpaired) electrons. The maximum Gasteiger partial charge on any atom is 0.250 e. The molecule has 1 fully saturated rings. The third-order valence-corrected chi connectivity index (χ3v) is 4.68. The molecule has 0 saturated carbocycles. The summed E-state index contributed by atoms with van der Waals surface area (Å²) in [5.74, 6) is -0.376. The van der Waals surface area contributed by atoms with Gasteiger partial charge < -0.3 is 10.6 Å². The van der Waals surface area contributed by atoms with Gasteiger partial charge in [0.05, 0.1) is 11.3 Å². The summed E-state index contributed by atoms with van der Waals surface area (Å²) in [6.07, 6.45) is 0. The molecule has 1 aliphatic rings. The third-order valence-electron chi connectivity index (χ3n) is 4.19. The molecule has 0 aliphatic carbocycles. The smallest absolute Gasteiger partial charge is 0.250 e. The van der Waals surface area contributed by atoms with Crippen molar-refractivity contribution in [2.24, 2.45) is 5.73 Å². The van der Waals surface area contributed by atoms with E-state index < -0.39 is 0 Å². The number of piperazine rings is 1. The summed E-state index contributed by atoms with van der Waals surface area (Å²) in [4.78, 5) is 16.3. The Kier molecular flexibility index (Phi) is 4.98. The molecule has 4 nitrogen and oxygen atoms in total. The number of primary amides is 1. The number of hydrogen-bond acceptors (Lipinski definition) is 3. The number of hydrogen-bond donors (Lipinski definition) is 1. The minimum absolute atomic E-state index is 0.376. The first-order valence-corrected chi connectivity index (χ1v) is 8.53. The largest absolute Gasteiger partial charge is 0.368 e. The van der Waals surface area contributed by atoms with Crippen molar-refractivity contribution in [3.05, 3.63) is 64.1 Å². The molecule has 1 amide bonds. The van der Waals surface area contributed by atoms with Gasteiger partial charge in [-0.2, -0.15) is 0 Å². The lowest BCUT2D eigenvalue weighted by Crippen LogP contribution is -2.46. The lowest BCUT2D eigenvalue weighted by Gasteiger charge is -2.36. The zero-order valence-electron chi connectivity index (χ0n) is 12.9. The molecule has 0 unspecified atom stereocenters. The molecule has 5 heteroatoms. The highest BCUT2D eigenvalue weighted by Gasteiger charge is 2.21. The van der Waals surface area contributed by atoms with Gasteiger partial charge in [-0.3, -0.25) is 9.69 Å². The fourth-order valence-electron chi connectivity index (χ4n) is 2.96. The lowest BCUT2D eigenvalue weighted by molar-refractivity contribution is 0.100. The normalized spacial score (nSPS) is 15.6. The SMILES string of the molecule is NC(=O)c1ccc(Br)cc1N1CCN(Cc2ccccc2)CC1. The van der Waals surface area contributed by atoms with Crippen molar-refractivity contribution in [3.63, 3.8) is 0 Å². The molecule has 1 aliphatic heterocycles. The predicted molar refractivity (Wildman–Crippen MR) is 96.6 cm³/mol. The number of carbonyl (C=O) groups is 1. The molecule has 1 saturated heterocycles. The van der Waals surface area contributed by atoms with Gasteiger partial charge in [0.25, 0.3) is 5.91 Å². The molecule has 2 N–H and O–H groups in total. The van der Waals surface area contributed by atoms with Crippen molar-refractivity contribution in [3.8, 4) is 0 Å². The molecule has 1 heterocycles. The molecule has 0 spiro atoms. The number of rotatable bonds is 4. The Morgan fingerprint density at radius 2 is 1.74 bits per heavy atom. The second-order valence-corrected chi connectivity index (χ2v) is 6.69. The Balaban J connectivity index is 1.67. The Bertz CT molecular complexity index is 682. The van der Waals surface area contributed by atoms with Gasteiger partial charge in [-0.15, -0.1) is 0 Å². The fraction of sp³-hybridized carbons (Fsp3) is 0.278. The summed E-state index contributed by atoms with van der Waals surface area (Å²) in [6, 6.07) is 16.1. The van der Waals surface area contributed by atoms with E-state index in [2.05, 4.69) is 50.0 Å². The second-order valence-electron chi connectivity index (χ2n) is 5.77. The minimum Gasteiger partial charge on any atom is -0.368 e. The van der Waals surface area contributed by atoms with Gasteiger partial charge in [-0.1, -0.05) is 46.3 Å². The van der Waals surface area contributed by atoms with Crippen LogP contribution in [0.2, 0.25) is 0 Å². The maximum atomic E-state index is 11.7. The van der Waals surface area contributed by atoms with E-state index in [0.29, 0.717) is 5.56 Å². The van der Waals surface area contributed by atoms with E-state index in [-0.39, 0.29) is 5.91 Å².